The van der Waals surface area contributed by atoms with Gasteiger partial charge in [0.2, 0.25) is 5.91 Å². The number of carbonyl (C=O) groups excluding carboxylic acids is 1. The second-order valence-electron chi connectivity index (χ2n) is 13.1. The molecule has 5 heterocycles. The smallest absolute Gasteiger partial charge is 0.319 e. The summed E-state index contributed by atoms with van der Waals surface area (Å²) in [6, 6.07) is 7.00. The number of fused-ring (bicyclic) bond motifs is 4. The van der Waals surface area contributed by atoms with Crippen molar-refractivity contribution in [2.24, 2.45) is 0 Å². The topological polar surface area (TPSA) is 61.8 Å². The van der Waals surface area contributed by atoms with Crippen molar-refractivity contribution in [3.05, 3.63) is 59.7 Å². The monoisotopic (exact) mass is 603 g/mol. The molecular weight excluding hydrogens is 567 g/mol. The Morgan fingerprint density at radius 1 is 1.11 bits per heavy atom. The number of rotatable bonds is 6. The largest absolute Gasteiger partial charge is 0.461 e. The van der Waals surface area contributed by atoms with E-state index in [2.05, 4.69) is 16.5 Å². The molecule has 1 aliphatic carbocycles. The van der Waals surface area contributed by atoms with Crippen molar-refractivity contribution in [2.45, 2.75) is 75.2 Å². The van der Waals surface area contributed by atoms with Gasteiger partial charge in [0.25, 0.3) is 0 Å². The van der Waals surface area contributed by atoms with Crippen molar-refractivity contribution in [2.75, 3.05) is 37.7 Å². The summed E-state index contributed by atoms with van der Waals surface area (Å²) in [6.45, 7) is 6.10. The predicted octanol–water partition coefficient (Wildman–Crippen LogP) is 5.38. The second kappa shape index (κ2) is 10.5. The first kappa shape index (κ1) is 27.9. The lowest BCUT2D eigenvalue weighted by molar-refractivity contribution is -0.127. The van der Waals surface area contributed by atoms with E-state index >= 15 is 8.78 Å². The normalized spacial score (nSPS) is 27.7. The Morgan fingerprint density at radius 2 is 1.98 bits per heavy atom. The fourth-order valence-corrected chi connectivity index (χ4v) is 8.61. The molecule has 1 amide bonds. The first-order valence-corrected chi connectivity index (χ1v) is 15.9. The SMILES string of the molecule is C=CC(=O)N1CCC2[C@H]1CN2c1nc(OC[C@@]23CCCN2C[C@H](F)C3)nc2c(F)c(-c3cccc4c3CCCC4)c(F)cc12. The molecule has 5 aliphatic rings. The van der Waals surface area contributed by atoms with E-state index in [4.69, 9.17) is 9.72 Å². The molecule has 7 nitrogen and oxygen atoms in total. The van der Waals surface area contributed by atoms with Crippen LogP contribution in [0.2, 0.25) is 0 Å². The lowest BCUT2D eigenvalue weighted by Crippen LogP contribution is -2.63. The van der Waals surface area contributed by atoms with Crippen LogP contribution in [0, 0.1) is 11.6 Å². The highest BCUT2D eigenvalue weighted by atomic mass is 19.1. The van der Waals surface area contributed by atoms with Crippen LogP contribution in [0.4, 0.5) is 19.0 Å². The van der Waals surface area contributed by atoms with Gasteiger partial charge >= 0.3 is 6.01 Å². The highest BCUT2D eigenvalue weighted by molar-refractivity contribution is 5.95. The van der Waals surface area contributed by atoms with Gasteiger partial charge < -0.3 is 14.5 Å². The fraction of sp³-hybridized carbons (Fsp3) is 0.500. The van der Waals surface area contributed by atoms with Crippen LogP contribution >= 0.6 is 0 Å². The Labute approximate surface area is 254 Å². The van der Waals surface area contributed by atoms with Crippen LogP contribution in [0.15, 0.2) is 36.9 Å². The van der Waals surface area contributed by atoms with Crippen LogP contribution in [0.5, 0.6) is 6.01 Å². The minimum absolute atomic E-state index is 0.00283. The zero-order valence-electron chi connectivity index (χ0n) is 24.7. The number of hydrogen-bond donors (Lipinski definition) is 0. The molecule has 0 bridgehead atoms. The molecule has 0 saturated carbocycles. The fourth-order valence-electron chi connectivity index (χ4n) is 8.61. The molecule has 10 heteroatoms. The summed E-state index contributed by atoms with van der Waals surface area (Å²) in [6.07, 6.45) is 7.01. The van der Waals surface area contributed by atoms with Gasteiger partial charge in [-0.15, -0.1) is 0 Å². The van der Waals surface area contributed by atoms with Crippen molar-refractivity contribution in [1.82, 2.24) is 19.8 Å². The van der Waals surface area contributed by atoms with E-state index in [1.807, 2.05) is 17.0 Å². The molecular formula is C34H36F3N5O2. The molecule has 1 aromatic heterocycles. The van der Waals surface area contributed by atoms with Crippen LogP contribution in [0.3, 0.4) is 0 Å². The van der Waals surface area contributed by atoms with Crippen molar-refractivity contribution in [3.63, 3.8) is 0 Å². The van der Waals surface area contributed by atoms with Crippen LogP contribution in [0.1, 0.15) is 49.7 Å². The summed E-state index contributed by atoms with van der Waals surface area (Å²) < 4.78 is 53.4. The summed E-state index contributed by atoms with van der Waals surface area (Å²) in [5.41, 5.74) is 2.20. The zero-order chi connectivity index (χ0) is 30.2. The van der Waals surface area contributed by atoms with E-state index in [-0.39, 0.29) is 47.1 Å². The molecule has 0 spiro atoms. The third kappa shape index (κ3) is 4.24. The van der Waals surface area contributed by atoms with E-state index in [0.29, 0.717) is 43.9 Å². The Morgan fingerprint density at radius 3 is 2.84 bits per heavy atom. The standard InChI is InChI=1S/C34H36F3N5O2/c1-2-28(43)41-14-11-26-27(41)18-42(26)32-24-15-25(36)29(23-10-5-8-20-7-3-4-9-22(20)23)30(37)31(24)38-33(39-32)44-19-34-12-6-13-40(34)17-21(35)16-34/h2,5,8,10,15,21,26-27H,1,3-4,6-7,9,11-14,16-19H2/t21-,26?,27-,34+/m1/s1. The van der Waals surface area contributed by atoms with E-state index in [9.17, 15) is 9.18 Å². The van der Waals surface area contributed by atoms with Crippen LogP contribution < -0.4 is 9.64 Å². The number of likely N-dealkylation sites (tertiary alicyclic amines) is 1. The molecule has 230 valence electrons. The molecule has 4 fully saturated rings. The second-order valence-corrected chi connectivity index (χ2v) is 13.1. The molecule has 0 radical (unpaired) electrons. The van der Waals surface area contributed by atoms with E-state index in [0.717, 1.165) is 56.2 Å². The van der Waals surface area contributed by atoms with Gasteiger partial charge in [0.15, 0.2) is 5.82 Å². The Kier molecular flexibility index (Phi) is 6.63. The van der Waals surface area contributed by atoms with Gasteiger partial charge in [0.05, 0.1) is 23.2 Å². The maximum absolute atomic E-state index is 16.7. The summed E-state index contributed by atoms with van der Waals surface area (Å²) in [7, 11) is 0. The van der Waals surface area contributed by atoms with Gasteiger partial charge in [-0.3, -0.25) is 9.69 Å². The van der Waals surface area contributed by atoms with E-state index < -0.39 is 23.3 Å². The van der Waals surface area contributed by atoms with Gasteiger partial charge in [0, 0.05) is 31.4 Å². The predicted molar refractivity (Wildman–Crippen MR) is 162 cm³/mol. The molecule has 4 saturated heterocycles. The van der Waals surface area contributed by atoms with Crippen molar-refractivity contribution < 1.29 is 22.7 Å². The first-order valence-electron chi connectivity index (χ1n) is 15.9. The van der Waals surface area contributed by atoms with Gasteiger partial charge in [-0.25, -0.2) is 13.2 Å². The zero-order valence-corrected chi connectivity index (χ0v) is 24.7. The number of halogens is 3. The Hall–Kier alpha value is -3.66. The van der Waals surface area contributed by atoms with E-state index in [1.165, 1.54) is 12.1 Å². The van der Waals surface area contributed by atoms with Gasteiger partial charge in [-0.05, 0) is 80.3 Å². The number of benzene rings is 2. The van der Waals surface area contributed by atoms with Gasteiger partial charge in [-0.1, -0.05) is 24.8 Å². The van der Waals surface area contributed by atoms with Crippen LogP contribution in [0.25, 0.3) is 22.0 Å². The minimum atomic E-state index is -0.909. The molecule has 2 aromatic carbocycles. The first-order chi connectivity index (χ1) is 21.4. The van der Waals surface area contributed by atoms with Gasteiger partial charge in [-0.2, -0.15) is 9.97 Å². The average molecular weight is 604 g/mol. The van der Waals surface area contributed by atoms with Gasteiger partial charge in [0.1, 0.15) is 29.9 Å². The average Bonchev–Trinajstić information content (AvgIpc) is 3.65. The highest BCUT2D eigenvalue weighted by Crippen LogP contribution is 2.44. The molecule has 0 N–H and O–H groups in total. The van der Waals surface area contributed by atoms with E-state index in [1.54, 1.807) is 11.0 Å². The van der Waals surface area contributed by atoms with Crippen LogP contribution in [-0.4, -0.2) is 82.3 Å². The molecule has 44 heavy (non-hydrogen) atoms. The number of ether oxygens (including phenoxy) is 1. The third-order valence-electron chi connectivity index (χ3n) is 10.8. The highest BCUT2D eigenvalue weighted by Gasteiger charge is 2.51. The van der Waals surface area contributed by atoms with Crippen LogP contribution in [-0.2, 0) is 17.6 Å². The van der Waals surface area contributed by atoms with Crippen molar-refractivity contribution in [3.8, 4) is 17.1 Å². The Bertz CT molecular complexity index is 1680. The van der Waals surface area contributed by atoms with Crippen molar-refractivity contribution in [1.29, 1.82) is 0 Å². The maximum atomic E-state index is 16.7. The quantitative estimate of drug-likeness (QED) is 0.353. The Balaban J connectivity index is 1.22. The molecule has 3 aromatic rings. The third-order valence-corrected chi connectivity index (χ3v) is 10.8. The number of anilines is 1. The lowest BCUT2D eigenvalue weighted by atomic mass is 9.85. The number of carbonyl (C=O) groups is 1. The number of nitrogens with zero attached hydrogens (tertiary/aromatic N) is 5. The number of hydrogen-bond acceptors (Lipinski definition) is 6. The number of aromatic nitrogens is 2. The number of aryl methyl sites for hydroxylation is 1. The maximum Gasteiger partial charge on any atom is 0.319 e. The van der Waals surface area contributed by atoms with Crippen molar-refractivity contribution >= 4 is 22.6 Å². The summed E-state index contributed by atoms with van der Waals surface area (Å²) in [5.74, 6) is -1.11. The molecule has 4 atom stereocenters. The molecule has 8 rings (SSSR count). The number of amides is 1. The number of alkyl halides is 1. The molecule has 4 aliphatic heterocycles. The minimum Gasteiger partial charge on any atom is -0.461 e. The summed E-state index contributed by atoms with van der Waals surface area (Å²) in [5, 5.41) is 0.276. The summed E-state index contributed by atoms with van der Waals surface area (Å²) >= 11 is 0. The lowest BCUT2D eigenvalue weighted by Gasteiger charge is -2.47. The molecule has 1 unspecified atom stereocenters. The summed E-state index contributed by atoms with van der Waals surface area (Å²) in [4.78, 5) is 27.7.